The lowest BCUT2D eigenvalue weighted by Gasteiger charge is -2.01. The fourth-order valence-corrected chi connectivity index (χ4v) is 2.53. The Balaban J connectivity index is 1.75. The number of ketones is 1. The lowest BCUT2D eigenvalue weighted by Crippen LogP contribution is -1.98. The van der Waals surface area contributed by atoms with Gasteiger partial charge in [-0.25, -0.2) is 4.52 Å². The minimum Gasteiger partial charge on any atom is -0.294 e. The number of carbonyl (C=O) groups excluding carboxylic acids is 1. The summed E-state index contributed by atoms with van der Waals surface area (Å²) in [7, 11) is 0. The Morgan fingerprint density at radius 2 is 1.85 bits per heavy atom. The van der Waals surface area contributed by atoms with Crippen molar-refractivity contribution in [2.75, 3.05) is 0 Å². The molecule has 0 N–H and O–H groups in total. The first kappa shape index (κ1) is 14.8. The first-order chi connectivity index (χ1) is 9.83. The molecule has 0 bridgehead atoms. The largest absolute Gasteiger partial charge is 0.294 e. The molecule has 2 aromatic heterocycles. The van der Waals surface area contributed by atoms with Gasteiger partial charge in [0.25, 0.3) is 0 Å². The molecular formula is C17H24N2O. The lowest BCUT2D eigenvalue weighted by molar-refractivity contribution is 0.0980. The van der Waals surface area contributed by atoms with Crippen molar-refractivity contribution in [3.63, 3.8) is 0 Å². The molecule has 2 aromatic rings. The summed E-state index contributed by atoms with van der Waals surface area (Å²) in [5, 5.41) is 4.21. The van der Waals surface area contributed by atoms with Gasteiger partial charge in [-0.1, -0.05) is 51.5 Å². The molecule has 3 heteroatoms. The standard InChI is InChI=1S/C17H24N2O/c1-2-3-4-5-6-7-8-12-17(20)15-14-18-19-13-10-9-11-16(15)19/h9-11,13-14H,2-8,12H2,1H3. The molecule has 0 saturated carbocycles. The van der Waals surface area contributed by atoms with Crippen molar-refractivity contribution in [3.05, 3.63) is 36.2 Å². The molecule has 0 amide bonds. The quantitative estimate of drug-likeness (QED) is 0.491. The molecule has 0 fully saturated rings. The third-order valence-electron chi connectivity index (χ3n) is 3.73. The number of fused-ring (bicyclic) bond motifs is 1. The van der Waals surface area contributed by atoms with E-state index < -0.39 is 0 Å². The maximum absolute atomic E-state index is 12.2. The van der Waals surface area contributed by atoms with Gasteiger partial charge in [0.1, 0.15) is 0 Å². The van der Waals surface area contributed by atoms with E-state index in [-0.39, 0.29) is 5.78 Å². The third kappa shape index (κ3) is 3.92. The van der Waals surface area contributed by atoms with Crippen molar-refractivity contribution in [1.29, 1.82) is 0 Å². The predicted molar refractivity (Wildman–Crippen MR) is 82.1 cm³/mol. The fraction of sp³-hybridized carbons (Fsp3) is 0.529. The van der Waals surface area contributed by atoms with Gasteiger partial charge in [0.05, 0.1) is 17.3 Å². The van der Waals surface area contributed by atoms with Gasteiger partial charge >= 0.3 is 0 Å². The van der Waals surface area contributed by atoms with Crippen LogP contribution in [0, 0.1) is 0 Å². The number of hydrogen-bond acceptors (Lipinski definition) is 2. The first-order valence-electron chi connectivity index (χ1n) is 7.78. The van der Waals surface area contributed by atoms with Crippen LogP contribution in [-0.2, 0) is 0 Å². The zero-order chi connectivity index (χ0) is 14.2. The van der Waals surface area contributed by atoms with Gasteiger partial charge in [-0.2, -0.15) is 5.10 Å². The molecule has 0 aromatic carbocycles. The van der Waals surface area contributed by atoms with Gasteiger partial charge in [-0.15, -0.1) is 0 Å². The fourth-order valence-electron chi connectivity index (χ4n) is 2.53. The Labute approximate surface area is 121 Å². The monoisotopic (exact) mass is 272 g/mol. The summed E-state index contributed by atoms with van der Waals surface area (Å²) in [6.45, 7) is 2.23. The number of rotatable bonds is 9. The lowest BCUT2D eigenvalue weighted by atomic mass is 10.0. The molecule has 0 radical (unpaired) electrons. The highest BCUT2D eigenvalue weighted by atomic mass is 16.1. The predicted octanol–water partition coefficient (Wildman–Crippen LogP) is 4.66. The van der Waals surface area contributed by atoms with E-state index in [1.54, 1.807) is 10.7 Å². The maximum Gasteiger partial charge on any atom is 0.166 e. The van der Waals surface area contributed by atoms with E-state index in [1.807, 2.05) is 24.4 Å². The van der Waals surface area contributed by atoms with Gasteiger partial charge in [0, 0.05) is 12.6 Å². The number of pyridine rings is 1. The van der Waals surface area contributed by atoms with Crippen LogP contribution in [0.2, 0.25) is 0 Å². The zero-order valence-corrected chi connectivity index (χ0v) is 12.3. The molecule has 108 valence electrons. The Morgan fingerprint density at radius 3 is 2.65 bits per heavy atom. The molecule has 20 heavy (non-hydrogen) atoms. The number of unbranched alkanes of at least 4 members (excludes halogenated alkanes) is 6. The summed E-state index contributed by atoms with van der Waals surface area (Å²) in [6.07, 6.45) is 12.9. The van der Waals surface area contributed by atoms with Crippen molar-refractivity contribution < 1.29 is 4.79 Å². The Hall–Kier alpha value is -1.64. The van der Waals surface area contributed by atoms with Crippen molar-refractivity contribution >= 4 is 11.3 Å². The molecule has 0 atom stereocenters. The van der Waals surface area contributed by atoms with Crippen molar-refractivity contribution in [2.24, 2.45) is 0 Å². The zero-order valence-electron chi connectivity index (χ0n) is 12.3. The first-order valence-corrected chi connectivity index (χ1v) is 7.78. The second-order valence-electron chi connectivity index (χ2n) is 5.38. The summed E-state index contributed by atoms with van der Waals surface area (Å²) < 4.78 is 1.76. The van der Waals surface area contributed by atoms with E-state index in [4.69, 9.17) is 0 Å². The van der Waals surface area contributed by atoms with Crippen LogP contribution in [0.25, 0.3) is 5.52 Å². The molecule has 2 heterocycles. The van der Waals surface area contributed by atoms with E-state index in [0.29, 0.717) is 6.42 Å². The van der Waals surface area contributed by atoms with Gasteiger partial charge in [-0.3, -0.25) is 4.79 Å². The Morgan fingerprint density at radius 1 is 1.10 bits per heavy atom. The molecule has 0 spiro atoms. The van der Waals surface area contributed by atoms with E-state index in [9.17, 15) is 4.79 Å². The average molecular weight is 272 g/mol. The minimum atomic E-state index is 0.222. The number of Topliss-reactive ketones (excluding diaryl/α,β-unsaturated/α-hetero) is 1. The smallest absolute Gasteiger partial charge is 0.166 e. The van der Waals surface area contributed by atoms with E-state index in [0.717, 1.165) is 23.9 Å². The number of aromatic nitrogens is 2. The van der Waals surface area contributed by atoms with Gasteiger partial charge < -0.3 is 0 Å². The average Bonchev–Trinajstić information content (AvgIpc) is 2.90. The van der Waals surface area contributed by atoms with Gasteiger partial charge in [0.2, 0.25) is 0 Å². The van der Waals surface area contributed by atoms with Crippen LogP contribution in [0.1, 0.15) is 68.6 Å². The summed E-state index contributed by atoms with van der Waals surface area (Å²) in [6, 6.07) is 5.82. The van der Waals surface area contributed by atoms with Crippen molar-refractivity contribution in [2.45, 2.75) is 58.3 Å². The molecule has 0 aliphatic heterocycles. The summed E-state index contributed by atoms with van der Waals surface area (Å²) in [4.78, 5) is 12.2. The second kappa shape index (κ2) is 7.83. The molecule has 0 aliphatic carbocycles. The Bertz CT molecular complexity index is 545. The Kier molecular flexibility index (Phi) is 5.78. The van der Waals surface area contributed by atoms with Crippen LogP contribution in [-0.4, -0.2) is 15.4 Å². The minimum absolute atomic E-state index is 0.222. The molecule has 0 saturated heterocycles. The van der Waals surface area contributed by atoms with Crippen LogP contribution >= 0.6 is 0 Å². The molecule has 3 nitrogen and oxygen atoms in total. The molecular weight excluding hydrogens is 248 g/mol. The van der Waals surface area contributed by atoms with Crippen molar-refractivity contribution in [1.82, 2.24) is 9.61 Å². The summed E-state index contributed by atoms with van der Waals surface area (Å²) in [5.41, 5.74) is 1.68. The molecule has 2 rings (SSSR count). The topological polar surface area (TPSA) is 34.4 Å². The number of carbonyl (C=O) groups is 1. The van der Waals surface area contributed by atoms with E-state index in [1.165, 1.54) is 32.1 Å². The van der Waals surface area contributed by atoms with E-state index >= 15 is 0 Å². The highest BCUT2D eigenvalue weighted by molar-refractivity contribution is 6.02. The van der Waals surface area contributed by atoms with Crippen LogP contribution in [0.3, 0.4) is 0 Å². The van der Waals surface area contributed by atoms with Gasteiger partial charge in [-0.05, 0) is 18.6 Å². The maximum atomic E-state index is 12.2. The SMILES string of the molecule is CCCCCCCCCC(=O)c1cnn2ccccc12. The highest BCUT2D eigenvalue weighted by Crippen LogP contribution is 2.15. The highest BCUT2D eigenvalue weighted by Gasteiger charge is 2.11. The van der Waals surface area contributed by atoms with Crippen LogP contribution in [0.4, 0.5) is 0 Å². The van der Waals surface area contributed by atoms with E-state index in [2.05, 4.69) is 12.0 Å². The third-order valence-corrected chi connectivity index (χ3v) is 3.73. The van der Waals surface area contributed by atoms with Crippen molar-refractivity contribution in [3.8, 4) is 0 Å². The summed E-state index contributed by atoms with van der Waals surface area (Å²) >= 11 is 0. The molecule has 0 unspecified atom stereocenters. The number of hydrogen-bond donors (Lipinski definition) is 0. The van der Waals surface area contributed by atoms with Crippen LogP contribution in [0.5, 0.6) is 0 Å². The summed E-state index contributed by atoms with van der Waals surface area (Å²) in [5.74, 6) is 0.222. The second-order valence-corrected chi connectivity index (χ2v) is 5.38. The molecule has 0 aliphatic rings. The number of nitrogens with zero attached hydrogens (tertiary/aromatic N) is 2. The van der Waals surface area contributed by atoms with Crippen LogP contribution in [0.15, 0.2) is 30.6 Å². The van der Waals surface area contributed by atoms with Crippen LogP contribution < -0.4 is 0 Å². The normalized spacial score (nSPS) is 11.1. The van der Waals surface area contributed by atoms with Gasteiger partial charge in [0.15, 0.2) is 5.78 Å².